The molecule has 1 N–H and O–H groups in total. The molecule has 0 saturated heterocycles. The van der Waals surface area contributed by atoms with Gasteiger partial charge in [0.15, 0.2) is 18.1 Å². The van der Waals surface area contributed by atoms with Gasteiger partial charge in [-0.3, -0.25) is 4.79 Å². The maximum atomic E-state index is 12.0. The van der Waals surface area contributed by atoms with Gasteiger partial charge in [-0.2, -0.15) is 0 Å². The van der Waals surface area contributed by atoms with Crippen molar-refractivity contribution in [2.75, 3.05) is 27.4 Å². The molecule has 146 valence electrons. The summed E-state index contributed by atoms with van der Waals surface area (Å²) in [5, 5.41) is 3.59. The fourth-order valence-corrected chi connectivity index (χ4v) is 2.71. The van der Waals surface area contributed by atoms with Crippen molar-refractivity contribution in [3.8, 4) is 17.2 Å². The molecule has 0 atom stereocenters. The van der Waals surface area contributed by atoms with Gasteiger partial charge in [0.1, 0.15) is 11.3 Å². The molecule has 0 aliphatic carbocycles. The first kappa shape index (κ1) is 19.3. The Hall–Kier alpha value is -3.48. The molecule has 0 aliphatic rings. The van der Waals surface area contributed by atoms with Crippen molar-refractivity contribution in [3.63, 3.8) is 0 Å². The van der Waals surface area contributed by atoms with Crippen molar-refractivity contribution < 1.29 is 23.4 Å². The average molecular weight is 383 g/mol. The highest BCUT2D eigenvalue weighted by Gasteiger charge is 2.07. The van der Waals surface area contributed by atoms with E-state index in [1.807, 2.05) is 18.2 Å². The Balaban J connectivity index is 1.49. The van der Waals surface area contributed by atoms with Crippen LogP contribution in [0, 0.1) is 0 Å². The molecule has 2 aromatic carbocycles. The van der Waals surface area contributed by atoms with Crippen LogP contribution in [0.25, 0.3) is 11.0 Å². The number of nitrogens with one attached hydrogen (secondary N) is 1. The third-order valence-electron chi connectivity index (χ3n) is 4.15. The number of rotatable bonds is 8. The van der Waals surface area contributed by atoms with Gasteiger partial charge < -0.3 is 23.9 Å². The molecular formula is C21H21NO6. The highest BCUT2D eigenvalue weighted by molar-refractivity contribution is 5.79. The third-order valence-corrected chi connectivity index (χ3v) is 4.15. The minimum atomic E-state index is -0.433. The highest BCUT2D eigenvalue weighted by atomic mass is 16.5. The summed E-state index contributed by atoms with van der Waals surface area (Å²) in [6.07, 6.45) is 0.646. The lowest BCUT2D eigenvalue weighted by atomic mass is 10.1. The summed E-state index contributed by atoms with van der Waals surface area (Å²) in [6.45, 7) is 0.332. The van der Waals surface area contributed by atoms with Crippen LogP contribution in [0.4, 0.5) is 0 Å². The standard InChI is InChI=1S/C21H21NO6/c1-25-17-7-3-14(11-19(17)26-2)9-10-22-20(23)13-27-16-6-4-15-5-8-21(24)28-18(15)12-16/h3-8,11-12H,9-10,13H2,1-2H3,(H,22,23). The highest BCUT2D eigenvalue weighted by Crippen LogP contribution is 2.27. The summed E-state index contributed by atoms with van der Waals surface area (Å²) in [7, 11) is 3.17. The van der Waals surface area contributed by atoms with Gasteiger partial charge in [0.05, 0.1) is 14.2 Å². The van der Waals surface area contributed by atoms with E-state index in [4.69, 9.17) is 18.6 Å². The second-order valence-electron chi connectivity index (χ2n) is 6.03. The summed E-state index contributed by atoms with van der Waals surface area (Å²) in [4.78, 5) is 23.3. The van der Waals surface area contributed by atoms with Crippen LogP contribution in [-0.2, 0) is 11.2 Å². The lowest BCUT2D eigenvalue weighted by molar-refractivity contribution is -0.123. The normalized spacial score (nSPS) is 10.5. The lowest BCUT2D eigenvalue weighted by Gasteiger charge is -2.10. The number of ether oxygens (including phenoxy) is 3. The molecule has 0 aliphatic heterocycles. The molecule has 1 aromatic heterocycles. The van der Waals surface area contributed by atoms with Crippen molar-refractivity contribution in [2.24, 2.45) is 0 Å². The molecule has 0 saturated carbocycles. The first-order chi connectivity index (χ1) is 13.6. The number of fused-ring (bicyclic) bond motifs is 1. The van der Waals surface area contributed by atoms with Crippen LogP contribution in [-0.4, -0.2) is 33.3 Å². The van der Waals surface area contributed by atoms with Crippen molar-refractivity contribution in [2.45, 2.75) is 6.42 Å². The van der Waals surface area contributed by atoms with E-state index < -0.39 is 5.63 Å². The number of methoxy groups -OCH3 is 2. The zero-order chi connectivity index (χ0) is 19.9. The lowest BCUT2D eigenvalue weighted by Crippen LogP contribution is -2.30. The molecular weight excluding hydrogens is 362 g/mol. The average Bonchev–Trinajstić information content (AvgIpc) is 2.71. The van der Waals surface area contributed by atoms with Gasteiger partial charge in [-0.05, 0) is 42.3 Å². The molecule has 0 radical (unpaired) electrons. The van der Waals surface area contributed by atoms with Crippen LogP contribution in [0.1, 0.15) is 5.56 Å². The van der Waals surface area contributed by atoms with Crippen molar-refractivity contribution >= 4 is 16.9 Å². The maximum Gasteiger partial charge on any atom is 0.336 e. The van der Waals surface area contributed by atoms with Crippen LogP contribution in [0.5, 0.6) is 17.2 Å². The van der Waals surface area contributed by atoms with Crippen LogP contribution in [0.3, 0.4) is 0 Å². The summed E-state index contributed by atoms with van der Waals surface area (Å²) in [5.41, 5.74) is 1.000. The fourth-order valence-electron chi connectivity index (χ4n) is 2.71. The van der Waals surface area contributed by atoms with Crippen LogP contribution in [0.2, 0.25) is 0 Å². The van der Waals surface area contributed by atoms with E-state index in [9.17, 15) is 9.59 Å². The minimum absolute atomic E-state index is 0.130. The van der Waals surface area contributed by atoms with E-state index >= 15 is 0 Å². The maximum absolute atomic E-state index is 12.0. The van der Waals surface area contributed by atoms with Crippen molar-refractivity contribution in [1.82, 2.24) is 5.32 Å². The first-order valence-corrected chi connectivity index (χ1v) is 8.73. The Labute approximate surface area is 161 Å². The molecule has 7 nitrogen and oxygen atoms in total. The number of hydrogen-bond donors (Lipinski definition) is 1. The molecule has 3 aromatic rings. The monoisotopic (exact) mass is 383 g/mol. The SMILES string of the molecule is COc1ccc(CCNC(=O)COc2ccc3ccc(=O)oc3c2)cc1OC. The molecule has 28 heavy (non-hydrogen) atoms. The Morgan fingerprint density at radius 3 is 2.57 bits per heavy atom. The predicted octanol–water partition coefficient (Wildman–Crippen LogP) is 2.55. The Kier molecular flexibility index (Phi) is 6.16. The largest absolute Gasteiger partial charge is 0.493 e. The molecule has 1 heterocycles. The van der Waals surface area contributed by atoms with Crippen LogP contribution < -0.4 is 25.2 Å². The Morgan fingerprint density at radius 1 is 1.00 bits per heavy atom. The van der Waals surface area contributed by atoms with E-state index in [-0.39, 0.29) is 12.5 Å². The quantitative estimate of drug-likeness (QED) is 0.602. The van der Waals surface area contributed by atoms with Gasteiger partial charge in [-0.15, -0.1) is 0 Å². The van der Waals surface area contributed by atoms with E-state index in [2.05, 4.69) is 5.32 Å². The zero-order valence-electron chi connectivity index (χ0n) is 15.7. The van der Waals surface area contributed by atoms with Gasteiger partial charge in [0.2, 0.25) is 0 Å². The number of carbonyl (C=O) groups is 1. The molecule has 0 unspecified atom stereocenters. The molecule has 0 bridgehead atoms. The molecule has 1 amide bonds. The summed E-state index contributed by atoms with van der Waals surface area (Å²) < 4.78 is 21.1. The first-order valence-electron chi connectivity index (χ1n) is 8.73. The van der Waals surface area contributed by atoms with Gasteiger partial charge >= 0.3 is 5.63 Å². The number of hydrogen-bond acceptors (Lipinski definition) is 6. The van der Waals surface area contributed by atoms with E-state index in [1.165, 1.54) is 6.07 Å². The third kappa shape index (κ3) is 4.82. The molecule has 0 fully saturated rings. The fraction of sp³-hybridized carbons (Fsp3) is 0.238. The summed E-state index contributed by atoms with van der Waals surface area (Å²) in [5.74, 6) is 1.53. The molecule has 0 spiro atoms. The van der Waals surface area contributed by atoms with Crippen LogP contribution >= 0.6 is 0 Å². The van der Waals surface area contributed by atoms with Gasteiger partial charge in [-0.1, -0.05) is 6.07 Å². The van der Waals surface area contributed by atoms with E-state index in [0.29, 0.717) is 35.8 Å². The Bertz CT molecular complexity index is 1030. The van der Waals surface area contributed by atoms with Gasteiger partial charge in [0.25, 0.3) is 5.91 Å². The Morgan fingerprint density at radius 2 is 1.79 bits per heavy atom. The number of amides is 1. The summed E-state index contributed by atoms with van der Waals surface area (Å²) in [6, 6.07) is 13.7. The second kappa shape index (κ2) is 8.94. The molecule has 7 heteroatoms. The topological polar surface area (TPSA) is 87.0 Å². The summed E-state index contributed by atoms with van der Waals surface area (Å²) >= 11 is 0. The van der Waals surface area contributed by atoms with Gasteiger partial charge in [0, 0.05) is 24.1 Å². The zero-order valence-corrected chi connectivity index (χ0v) is 15.7. The second-order valence-corrected chi connectivity index (χ2v) is 6.03. The van der Waals surface area contributed by atoms with E-state index in [0.717, 1.165) is 10.9 Å². The molecule has 3 rings (SSSR count). The predicted molar refractivity (Wildman–Crippen MR) is 104 cm³/mol. The van der Waals surface area contributed by atoms with Crippen molar-refractivity contribution in [3.05, 3.63) is 64.5 Å². The van der Waals surface area contributed by atoms with E-state index in [1.54, 1.807) is 38.5 Å². The van der Waals surface area contributed by atoms with Crippen LogP contribution in [0.15, 0.2) is 57.7 Å². The number of carbonyl (C=O) groups excluding carboxylic acids is 1. The smallest absolute Gasteiger partial charge is 0.336 e. The number of benzene rings is 2. The minimum Gasteiger partial charge on any atom is -0.493 e. The van der Waals surface area contributed by atoms with Crippen molar-refractivity contribution in [1.29, 1.82) is 0 Å². The van der Waals surface area contributed by atoms with Gasteiger partial charge in [-0.25, -0.2) is 4.79 Å².